The molecule has 2 aromatic rings. The Bertz CT molecular complexity index is 638. The molecule has 5 nitrogen and oxygen atoms in total. The van der Waals surface area contributed by atoms with Crippen LogP contribution in [0.5, 0.6) is 11.5 Å². The van der Waals surface area contributed by atoms with Crippen molar-refractivity contribution in [3.05, 3.63) is 39.6 Å². The zero-order valence-electron chi connectivity index (χ0n) is 12.6. The van der Waals surface area contributed by atoms with Gasteiger partial charge in [-0.25, -0.2) is 0 Å². The Morgan fingerprint density at radius 2 is 2.14 bits per heavy atom. The maximum Gasteiger partial charge on any atom is 0.131 e. The predicted octanol–water partition coefficient (Wildman–Crippen LogP) is 3.13. The maximum atomic E-state index is 9.83. The minimum atomic E-state index is -0.609. The van der Waals surface area contributed by atoms with Gasteiger partial charge in [0.25, 0.3) is 0 Å². The molecule has 6 heteroatoms. The third-order valence-electron chi connectivity index (χ3n) is 3.30. The summed E-state index contributed by atoms with van der Waals surface area (Å²) in [4.78, 5) is 0. The average molecular weight is 355 g/mol. The van der Waals surface area contributed by atoms with Crippen LogP contribution in [0, 0.1) is 6.92 Å². The number of hydrogen-bond acceptors (Lipinski definition) is 4. The Kier molecular flexibility index (Phi) is 4.90. The molecule has 0 spiro atoms. The van der Waals surface area contributed by atoms with E-state index in [2.05, 4.69) is 21.0 Å². The monoisotopic (exact) mass is 354 g/mol. The first-order valence-electron chi connectivity index (χ1n) is 6.60. The Morgan fingerprint density at radius 3 is 2.67 bits per heavy atom. The first-order chi connectivity index (χ1) is 9.93. The number of hydrogen-bond donors (Lipinski definition) is 1. The second kappa shape index (κ2) is 6.49. The quantitative estimate of drug-likeness (QED) is 0.895. The predicted molar refractivity (Wildman–Crippen MR) is 83.6 cm³/mol. The molecule has 0 radical (unpaired) electrons. The van der Waals surface area contributed by atoms with Gasteiger partial charge in [0.1, 0.15) is 18.1 Å². The first-order valence-corrected chi connectivity index (χ1v) is 7.40. The van der Waals surface area contributed by atoms with Crippen LogP contribution in [0.4, 0.5) is 0 Å². The minimum Gasteiger partial charge on any atom is -0.497 e. The molecule has 0 saturated heterocycles. The van der Waals surface area contributed by atoms with Crippen LogP contribution in [0.25, 0.3) is 0 Å². The molecule has 21 heavy (non-hydrogen) atoms. The van der Waals surface area contributed by atoms with Crippen molar-refractivity contribution in [2.24, 2.45) is 7.05 Å². The molecule has 0 fully saturated rings. The number of nitrogens with zero attached hydrogens (tertiary/aromatic N) is 2. The highest BCUT2D eigenvalue weighted by atomic mass is 79.9. The number of aliphatic hydroxyl groups excluding tert-OH is 1. The van der Waals surface area contributed by atoms with Gasteiger partial charge < -0.3 is 14.6 Å². The zero-order valence-corrected chi connectivity index (χ0v) is 14.1. The van der Waals surface area contributed by atoms with Crippen LogP contribution in [0.2, 0.25) is 0 Å². The van der Waals surface area contributed by atoms with E-state index < -0.39 is 6.10 Å². The third-order valence-corrected chi connectivity index (χ3v) is 4.33. The highest BCUT2D eigenvalue weighted by Gasteiger charge is 2.14. The van der Waals surface area contributed by atoms with E-state index in [1.165, 1.54) is 0 Å². The van der Waals surface area contributed by atoms with Gasteiger partial charge in [-0.05, 0) is 41.9 Å². The van der Waals surface area contributed by atoms with Crippen molar-refractivity contribution in [1.29, 1.82) is 0 Å². The molecule has 0 aliphatic carbocycles. The molecule has 114 valence electrons. The minimum absolute atomic E-state index is 0.352. The van der Waals surface area contributed by atoms with E-state index in [1.807, 2.05) is 20.0 Å². The molecule has 0 bridgehead atoms. The Balaban J connectivity index is 2.26. The zero-order chi connectivity index (χ0) is 15.6. The summed E-state index contributed by atoms with van der Waals surface area (Å²) in [7, 11) is 3.47. The number of benzene rings is 1. The van der Waals surface area contributed by atoms with E-state index in [-0.39, 0.29) is 0 Å². The standard InChI is InChI=1S/C15H19BrN2O3/c1-9-15(16)13(18(3)17-9)8-21-14-7-11(20-4)5-6-12(14)10(2)19/h5-7,10,19H,8H2,1-4H3/t10-/m1/s1. The van der Waals surface area contributed by atoms with E-state index in [0.29, 0.717) is 18.1 Å². The normalized spacial score (nSPS) is 12.3. The Morgan fingerprint density at radius 1 is 1.43 bits per heavy atom. The van der Waals surface area contributed by atoms with Gasteiger partial charge in [0.15, 0.2) is 0 Å². The molecular weight excluding hydrogens is 336 g/mol. The molecular formula is C15H19BrN2O3. The second-order valence-corrected chi connectivity index (χ2v) is 5.63. The van der Waals surface area contributed by atoms with Gasteiger partial charge in [0.05, 0.1) is 29.1 Å². The van der Waals surface area contributed by atoms with Crippen molar-refractivity contribution in [1.82, 2.24) is 9.78 Å². The van der Waals surface area contributed by atoms with Crippen molar-refractivity contribution in [2.45, 2.75) is 26.6 Å². The molecule has 0 unspecified atom stereocenters. The number of methoxy groups -OCH3 is 1. The first kappa shape index (κ1) is 15.9. The van der Waals surface area contributed by atoms with Gasteiger partial charge in [-0.3, -0.25) is 4.68 Å². The number of rotatable bonds is 5. The van der Waals surface area contributed by atoms with Crippen molar-refractivity contribution < 1.29 is 14.6 Å². The fourth-order valence-electron chi connectivity index (χ4n) is 2.09. The van der Waals surface area contributed by atoms with Crippen LogP contribution >= 0.6 is 15.9 Å². The highest BCUT2D eigenvalue weighted by molar-refractivity contribution is 9.10. The van der Waals surface area contributed by atoms with Gasteiger partial charge in [-0.15, -0.1) is 0 Å². The lowest BCUT2D eigenvalue weighted by Crippen LogP contribution is -2.06. The fraction of sp³-hybridized carbons (Fsp3) is 0.400. The van der Waals surface area contributed by atoms with E-state index in [9.17, 15) is 5.11 Å². The number of aromatic nitrogens is 2. The van der Waals surface area contributed by atoms with E-state index in [1.54, 1.807) is 30.8 Å². The van der Waals surface area contributed by atoms with Crippen LogP contribution in [0.15, 0.2) is 22.7 Å². The summed E-state index contributed by atoms with van der Waals surface area (Å²) < 4.78 is 13.8. The Hall–Kier alpha value is -1.53. The number of aliphatic hydroxyl groups is 1. The smallest absolute Gasteiger partial charge is 0.131 e. The molecule has 2 rings (SSSR count). The molecule has 1 heterocycles. The summed E-state index contributed by atoms with van der Waals surface area (Å²) in [6.45, 7) is 3.99. The third kappa shape index (κ3) is 3.39. The molecule has 1 N–H and O–H groups in total. The summed E-state index contributed by atoms with van der Waals surface area (Å²) >= 11 is 3.51. The van der Waals surface area contributed by atoms with Crippen molar-refractivity contribution in [3.63, 3.8) is 0 Å². The topological polar surface area (TPSA) is 56.5 Å². The summed E-state index contributed by atoms with van der Waals surface area (Å²) in [6, 6.07) is 5.39. The average Bonchev–Trinajstić information content (AvgIpc) is 2.69. The van der Waals surface area contributed by atoms with E-state index in [4.69, 9.17) is 9.47 Å². The van der Waals surface area contributed by atoms with E-state index >= 15 is 0 Å². The molecule has 1 aromatic heterocycles. The van der Waals surface area contributed by atoms with Crippen LogP contribution < -0.4 is 9.47 Å². The van der Waals surface area contributed by atoms with Crippen LogP contribution in [-0.4, -0.2) is 22.0 Å². The van der Waals surface area contributed by atoms with Gasteiger partial charge in [0, 0.05) is 18.7 Å². The largest absolute Gasteiger partial charge is 0.497 e. The van der Waals surface area contributed by atoms with Crippen LogP contribution in [0.1, 0.15) is 30.0 Å². The summed E-state index contributed by atoms with van der Waals surface area (Å²) in [5.74, 6) is 1.30. The molecule has 0 saturated carbocycles. The molecule has 1 aromatic carbocycles. The maximum absolute atomic E-state index is 9.83. The van der Waals surface area contributed by atoms with Crippen molar-refractivity contribution >= 4 is 15.9 Å². The van der Waals surface area contributed by atoms with Gasteiger partial charge in [-0.1, -0.05) is 0 Å². The van der Waals surface area contributed by atoms with Gasteiger partial charge in [0.2, 0.25) is 0 Å². The second-order valence-electron chi connectivity index (χ2n) is 4.84. The molecule has 0 amide bonds. The Labute approximate surface area is 132 Å². The van der Waals surface area contributed by atoms with E-state index in [0.717, 1.165) is 21.4 Å². The fourth-order valence-corrected chi connectivity index (χ4v) is 2.55. The van der Waals surface area contributed by atoms with Crippen molar-refractivity contribution in [2.75, 3.05) is 7.11 Å². The van der Waals surface area contributed by atoms with Crippen LogP contribution in [0.3, 0.4) is 0 Å². The van der Waals surface area contributed by atoms with Gasteiger partial charge >= 0.3 is 0 Å². The molecule has 1 atom stereocenters. The van der Waals surface area contributed by atoms with Gasteiger partial charge in [-0.2, -0.15) is 5.10 Å². The summed E-state index contributed by atoms with van der Waals surface area (Å²) in [5, 5.41) is 14.2. The number of halogens is 1. The summed E-state index contributed by atoms with van der Waals surface area (Å²) in [6.07, 6.45) is -0.609. The molecule has 0 aliphatic rings. The molecule has 0 aliphatic heterocycles. The number of aryl methyl sites for hydroxylation is 2. The lowest BCUT2D eigenvalue weighted by molar-refractivity contribution is 0.189. The van der Waals surface area contributed by atoms with Crippen molar-refractivity contribution in [3.8, 4) is 11.5 Å². The lowest BCUT2D eigenvalue weighted by atomic mass is 10.1. The SMILES string of the molecule is COc1ccc([C@@H](C)O)c(OCc2c(Br)c(C)nn2C)c1. The summed E-state index contributed by atoms with van der Waals surface area (Å²) in [5.41, 5.74) is 2.58. The number of ether oxygens (including phenoxy) is 2. The lowest BCUT2D eigenvalue weighted by Gasteiger charge is -2.15. The highest BCUT2D eigenvalue weighted by Crippen LogP contribution is 2.31. The van der Waals surface area contributed by atoms with Crippen LogP contribution in [-0.2, 0) is 13.7 Å².